The van der Waals surface area contributed by atoms with Crippen LogP contribution in [0, 0.1) is 5.41 Å². The van der Waals surface area contributed by atoms with E-state index >= 15 is 0 Å². The van der Waals surface area contributed by atoms with E-state index in [4.69, 9.17) is 10.5 Å². The zero-order valence-corrected chi connectivity index (χ0v) is 9.87. The van der Waals surface area contributed by atoms with E-state index in [1.807, 2.05) is 6.92 Å². The number of rotatable bonds is 4. The molecule has 1 atom stereocenters. The molecule has 0 fully saturated rings. The summed E-state index contributed by atoms with van der Waals surface area (Å²) >= 11 is 0. The van der Waals surface area contributed by atoms with Crippen LogP contribution in [0.1, 0.15) is 34.1 Å². The van der Waals surface area contributed by atoms with Crippen molar-refractivity contribution in [3.8, 4) is 0 Å². The number of ether oxygens (including phenoxy) is 1. The fourth-order valence-corrected chi connectivity index (χ4v) is 0.983. The molecule has 0 radical (unpaired) electrons. The minimum atomic E-state index is -0.0627. The summed E-state index contributed by atoms with van der Waals surface area (Å²) in [6.07, 6.45) is 4.21. The Balaban J connectivity index is 4.48. The summed E-state index contributed by atoms with van der Waals surface area (Å²) in [5.41, 5.74) is 6.59. The van der Waals surface area contributed by atoms with Crippen LogP contribution in [0.4, 0.5) is 0 Å². The van der Waals surface area contributed by atoms with Gasteiger partial charge in [-0.2, -0.15) is 0 Å². The van der Waals surface area contributed by atoms with E-state index in [-0.39, 0.29) is 11.6 Å². The molecular weight excluding hydrogens is 176 g/mol. The van der Waals surface area contributed by atoms with Crippen molar-refractivity contribution in [1.29, 1.82) is 0 Å². The molecule has 0 saturated carbocycles. The fraction of sp³-hybridized carbons (Fsp3) is 0.727. The lowest BCUT2D eigenvalue weighted by molar-refractivity contribution is 0.108. The summed E-state index contributed by atoms with van der Waals surface area (Å²) in [4.78, 5) is 4.30. The van der Waals surface area contributed by atoms with Gasteiger partial charge in [0.15, 0.2) is 0 Å². The van der Waals surface area contributed by atoms with Crippen LogP contribution < -0.4 is 5.73 Å². The smallest absolute Gasteiger partial charge is 0.147 e. The molecule has 3 heteroatoms. The van der Waals surface area contributed by atoms with Gasteiger partial charge in [0.05, 0.1) is 0 Å². The third kappa shape index (κ3) is 4.42. The second kappa shape index (κ2) is 5.81. The maximum Gasteiger partial charge on any atom is 0.147 e. The number of allylic oxidation sites excluding steroid dienone is 1. The second-order valence-corrected chi connectivity index (χ2v) is 4.25. The van der Waals surface area contributed by atoms with Crippen LogP contribution in [0.25, 0.3) is 0 Å². The fourth-order valence-electron chi connectivity index (χ4n) is 0.983. The molecule has 0 aromatic rings. The summed E-state index contributed by atoms with van der Waals surface area (Å²) in [7, 11) is 1.66. The van der Waals surface area contributed by atoms with Gasteiger partial charge in [-0.3, -0.25) is 4.99 Å². The van der Waals surface area contributed by atoms with Gasteiger partial charge in [-0.05, 0) is 23.6 Å². The van der Waals surface area contributed by atoms with Crippen molar-refractivity contribution >= 4 is 6.21 Å². The highest BCUT2D eigenvalue weighted by Gasteiger charge is 2.14. The van der Waals surface area contributed by atoms with E-state index in [0.29, 0.717) is 0 Å². The Labute approximate surface area is 87.0 Å². The number of hydrogen-bond donors (Lipinski definition) is 1. The molecule has 0 aliphatic rings. The van der Waals surface area contributed by atoms with Crippen molar-refractivity contribution in [3.05, 3.63) is 11.8 Å². The van der Waals surface area contributed by atoms with Gasteiger partial charge in [0.2, 0.25) is 0 Å². The average molecular weight is 198 g/mol. The third-order valence-corrected chi connectivity index (χ3v) is 2.05. The largest absolute Gasteiger partial charge is 0.404 e. The highest BCUT2D eigenvalue weighted by Crippen LogP contribution is 2.22. The lowest BCUT2D eigenvalue weighted by atomic mass is 9.88. The zero-order valence-electron chi connectivity index (χ0n) is 9.87. The van der Waals surface area contributed by atoms with Gasteiger partial charge in [-0.15, -0.1) is 0 Å². The minimum Gasteiger partial charge on any atom is -0.404 e. The quantitative estimate of drug-likeness (QED) is 0.705. The Hall–Kier alpha value is -0.830. The van der Waals surface area contributed by atoms with Crippen LogP contribution in [0.2, 0.25) is 0 Å². The summed E-state index contributed by atoms with van der Waals surface area (Å²) < 4.78 is 5.14. The van der Waals surface area contributed by atoms with Crippen molar-refractivity contribution in [2.45, 2.75) is 40.3 Å². The molecule has 0 aliphatic heterocycles. The van der Waals surface area contributed by atoms with Crippen LogP contribution in [0.5, 0.6) is 0 Å². The molecule has 0 aliphatic carbocycles. The van der Waals surface area contributed by atoms with Crippen LogP contribution in [-0.4, -0.2) is 19.6 Å². The van der Waals surface area contributed by atoms with E-state index < -0.39 is 0 Å². The standard InChI is InChI=1S/C11H22N2O/c1-6-10(14-5)13-8-9(7-12)11(2,3)4/h7-8,10H,6,12H2,1-5H3/b9-7+,13-8-. The molecule has 0 aromatic carbocycles. The van der Waals surface area contributed by atoms with Crippen molar-refractivity contribution in [3.63, 3.8) is 0 Å². The first-order valence-electron chi connectivity index (χ1n) is 4.94. The normalized spacial score (nSPS) is 16.2. The summed E-state index contributed by atoms with van der Waals surface area (Å²) in [6, 6.07) is 0. The Morgan fingerprint density at radius 1 is 1.50 bits per heavy atom. The number of methoxy groups -OCH3 is 1. The molecule has 0 bridgehead atoms. The third-order valence-electron chi connectivity index (χ3n) is 2.05. The molecule has 0 amide bonds. The molecule has 0 aromatic heterocycles. The van der Waals surface area contributed by atoms with E-state index in [1.165, 1.54) is 0 Å². The molecule has 3 nitrogen and oxygen atoms in total. The summed E-state index contributed by atoms with van der Waals surface area (Å²) in [5, 5.41) is 0. The molecule has 1 unspecified atom stereocenters. The first kappa shape index (κ1) is 13.2. The molecule has 14 heavy (non-hydrogen) atoms. The SMILES string of the molecule is CCC(/N=C\C(=C/N)C(C)(C)C)OC. The van der Waals surface area contributed by atoms with Gasteiger partial charge in [-0.25, -0.2) is 0 Å². The van der Waals surface area contributed by atoms with Gasteiger partial charge in [0, 0.05) is 13.3 Å². The van der Waals surface area contributed by atoms with Gasteiger partial charge in [0.25, 0.3) is 0 Å². The number of aliphatic imine (C=N–C) groups is 1. The van der Waals surface area contributed by atoms with Crippen molar-refractivity contribution in [2.75, 3.05) is 7.11 Å². The van der Waals surface area contributed by atoms with E-state index in [0.717, 1.165) is 12.0 Å². The Morgan fingerprint density at radius 3 is 2.36 bits per heavy atom. The molecule has 82 valence electrons. The molecular formula is C11H22N2O. The molecule has 0 rings (SSSR count). The number of nitrogens with zero attached hydrogens (tertiary/aromatic N) is 1. The van der Waals surface area contributed by atoms with Crippen molar-refractivity contribution < 1.29 is 4.74 Å². The number of hydrogen-bond acceptors (Lipinski definition) is 3. The van der Waals surface area contributed by atoms with Gasteiger partial charge in [-0.1, -0.05) is 27.7 Å². The van der Waals surface area contributed by atoms with Crippen LogP contribution in [-0.2, 0) is 4.74 Å². The predicted octanol–water partition coefficient (Wildman–Crippen LogP) is 2.33. The molecule has 0 saturated heterocycles. The zero-order chi connectivity index (χ0) is 11.2. The van der Waals surface area contributed by atoms with Gasteiger partial charge < -0.3 is 10.5 Å². The number of nitrogens with two attached hydrogens (primary N) is 1. The van der Waals surface area contributed by atoms with Crippen LogP contribution in [0.3, 0.4) is 0 Å². The van der Waals surface area contributed by atoms with E-state index in [2.05, 4.69) is 25.8 Å². The van der Waals surface area contributed by atoms with Crippen molar-refractivity contribution in [1.82, 2.24) is 0 Å². The Kier molecular flexibility index (Phi) is 5.46. The van der Waals surface area contributed by atoms with Crippen molar-refractivity contribution in [2.24, 2.45) is 16.1 Å². The van der Waals surface area contributed by atoms with Crippen LogP contribution in [0.15, 0.2) is 16.8 Å². The van der Waals surface area contributed by atoms with Crippen LogP contribution >= 0.6 is 0 Å². The Morgan fingerprint density at radius 2 is 2.07 bits per heavy atom. The molecule has 0 heterocycles. The lowest BCUT2D eigenvalue weighted by Gasteiger charge is -2.19. The second-order valence-electron chi connectivity index (χ2n) is 4.25. The predicted molar refractivity (Wildman–Crippen MR) is 61.3 cm³/mol. The molecule has 2 N–H and O–H groups in total. The maximum atomic E-state index is 5.53. The van der Waals surface area contributed by atoms with Gasteiger partial charge >= 0.3 is 0 Å². The van der Waals surface area contributed by atoms with E-state index in [1.54, 1.807) is 19.5 Å². The summed E-state index contributed by atoms with van der Waals surface area (Å²) in [6.45, 7) is 8.34. The average Bonchev–Trinajstić information content (AvgIpc) is 2.10. The minimum absolute atomic E-state index is 0.0320. The van der Waals surface area contributed by atoms with Gasteiger partial charge in [0.1, 0.15) is 6.23 Å². The van der Waals surface area contributed by atoms with E-state index in [9.17, 15) is 0 Å². The summed E-state index contributed by atoms with van der Waals surface area (Å²) in [5.74, 6) is 0. The lowest BCUT2D eigenvalue weighted by Crippen LogP contribution is -2.14. The monoisotopic (exact) mass is 198 g/mol. The highest BCUT2D eigenvalue weighted by atomic mass is 16.5. The first-order valence-corrected chi connectivity index (χ1v) is 4.94. The first-order chi connectivity index (χ1) is 6.45. The Bertz CT molecular complexity index is 210. The maximum absolute atomic E-state index is 5.53. The molecule has 0 spiro atoms. The topological polar surface area (TPSA) is 47.6 Å². The highest BCUT2D eigenvalue weighted by molar-refractivity contribution is 5.80.